The topological polar surface area (TPSA) is 136 Å². The molecule has 0 spiro atoms. The molecule has 1 unspecified atom stereocenters. The zero-order valence-corrected chi connectivity index (χ0v) is 17.9. The molecule has 0 aromatic carbocycles. The van der Waals surface area contributed by atoms with Gasteiger partial charge in [-0.25, -0.2) is 4.79 Å². The van der Waals surface area contributed by atoms with Gasteiger partial charge in [0.15, 0.2) is 5.72 Å². The van der Waals surface area contributed by atoms with Crippen LogP contribution in [0.15, 0.2) is 22.5 Å². The summed E-state index contributed by atoms with van der Waals surface area (Å²) in [7, 11) is 1.57. The summed E-state index contributed by atoms with van der Waals surface area (Å²) in [6.45, 7) is 5.67. The summed E-state index contributed by atoms with van der Waals surface area (Å²) in [6, 6.07) is 0.134. The second kappa shape index (κ2) is 7.32. The zero-order chi connectivity index (χ0) is 21.9. The molecule has 10 heteroatoms. The first-order valence-electron chi connectivity index (χ1n) is 10.9. The molecule has 3 fully saturated rings. The van der Waals surface area contributed by atoms with Crippen LogP contribution in [0.3, 0.4) is 0 Å². The third-order valence-corrected chi connectivity index (χ3v) is 7.36. The van der Waals surface area contributed by atoms with Crippen LogP contribution in [-0.2, 0) is 19.1 Å². The standard InChI is InChI=1S/C21H29N5O5/c1-11-15(23-5-8-25-6-3-4-7-25)18(28)14-12(10-31-20(22)29)21(30-2)19-13(24-19)9-26(21)16(14)17(11)27/h12-13,19,23-24H,3-10H2,1-2H3,(H2,22,29)/t12-,13+,19+,21?/m0/s1. The molecule has 31 heavy (non-hydrogen) atoms. The van der Waals surface area contributed by atoms with Gasteiger partial charge in [0, 0.05) is 43.9 Å². The minimum Gasteiger partial charge on any atom is -0.449 e. The molecule has 4 atom stereocenters. The minimum absolute atomic E-state index is 0.0444. The number of ketones is 2. The van der Waals surface area contributed by atoms with Crippen molar-refractivity contribution >= 4 is 17.7 Å². The van der Waals surface area contributed by atoms with Crippen LogP contribution in [0, 0.1) is 5.92 Å². The highest BCUT2D eigenvalue weighted by atomic mass is 16.6. The van der Waals surface area contributed by atoms with E-state index in [-0.39, 0.29) is 30.3 Å². The van der Waals surface area contributed by atoms with Gasteiger partial charge in [0.1, 0.15) is 6.61 Å². The van der Waals surface area contributed by atoms with E-state index in [1.54, 1.807) is 14.0 Å². The number of carbonyl (C=O) groups excluding carboxylic acids is 3. The van der Waals surface area contributed by atoms with Crippen molar-refractivity contribution < 1.29 is 23.9 Å². The summed E-state index contributed by atoms with van der Waals surface area (Å²) in [6.07, 6.45) is 1.47. The van der Waals surface area contributed by atoms with Crippen LogP contribution in [0.1, 0.15) is 19.8 Å². The van der Waals surface area contributed by atoms with E-state index in [9.17, 15) is 14.4 Å². The van der Waals surface area contributed by atoms with Crippen molar-refractivity contribution in [3.63, 3.8) is 0 Å². The van der Waals surface area contributed by atoms with Gasteiger partial charge in [-0.3, -0.25) is 9.59 Å². The molecule has 4 aliphatic heterocycles. The molecule has 5 aliphatic rings. The number of nitrogens with one attached hydrogen (secondary N) is 2. The van der Waals surface area contributed by atoms with Crippen LogP contribution in [0.2, 0.25) is 0 Å². The van der Waals surface area contributed by atoms with E-state index >= 15 is 0 Å². The number of amides is 1. The van der Waals surface area contributed by atoms with E-state index in [1.807, 2.05) is 4.90 Å². The average Bonchev–Trinajstić information content (AvgIpc) is 3.11. The van der Waals surface area contributed by atoms with Gasteiger partial charge in [-0.15, -0.1) is 0 Å². The summed E-state index contributed by atoms with van der Waals surface area (Å²) in [5, 5.41) is 6.57. The summed E-state index contributed by atoms with van der Waals surface area (Å²) in [5.41, 5.74) is 5.76. The summed E-state index contributed by atoms with van der Waals surface area (Å²) in [5.74, 6) is -1.01. The Labute approximate surface area is 180 Å². The molecular formula is C21H29N5O5. The van der Waals surface area contributed by atoms with Gasteiger partial charge < -0.3 is 35.6 Å². The number of fused-ring (bicyclic) bond motifs is 4. The fraction of sp³-hybridized carbons (Fsp3) is 0.667. The minimum atomic E-state index is -0.943. The Morgan fingerprint density at radius 1 is 1.29 bits per heavy atom. The van der Waals surface area contributed by atoms with E-state index in [0.717, 1.165) is 19.6 Å². The Morgan fingerprint density at radius 3 is 2.71 bits per heavy atom. The average molecular weight is 431 g/mol. The molecule has 168 valence electrons. The summed E-state index contributed by atoms with van der Waals surface area (Å²) in [4.78, 5) is 42.7. The lowest BCUT2D eigenvalue weighted by molar-refractivity contribution is -0.137. The van der Waals surface area contributed by atoms with Crippen molar-refractivity contribution in [2.45, 2.75) is 37.6 Å². The second-order valence-corrected chi connectivity index (χ2v) is 8.90. The van der Waals surface area contributed by atoms with Gasteiger partial charge in [-0.05, 0) is 32.9 Å². The fourth-order valence-corrected chi connectivity index (χ4v) is 5.85. The van der Waals surface area contributed by atoms with Gasteiger partial charge in [0.05, 0.1) is 23.4 Å². The third kappa shape index (κ3) is 2.92. The number of piperazine rings is 1. The number of rotatable bonds is 7. The predicted octanol–water partition coefficient (Wildman–Crippen LogP) is -0.924. The van der Waals surface area contributed by atoms with Gasteiger partial charge in [-0.2, -0.15) is 0 Å². The van der Waals surface area contributed by atoms with E-state index in [2.05, 4.69) is 15.5 Å². The molecule has 0 aromatic rings. The van der Waals surface area contributed by atoms with Crippen LogP contribution in [-0.4, -0.2) is 91.7 Å². The molecule has 0 radical (unpaired) electrons. The lowest BCUT2D eigenvalue weighted by atomic mass is 9.82. The quantitative estimate of drug-likeness (QED) is 0.345. The van der Waals surface area contributed by atoms with Crippen LogP contribution >= 0.6 is 0 Å². The molecule has 1 aliphatic carbocycles. The first-order chi connectivity index (χ1) is 14.9. The molecule has 5 rings (SSSR count). The van der Waals surface area contributed by atoms with E-state index in [4.69, 9.17) is 15.2 Å². The maximum Gasteiger partial charge on any atom is 0.404 e. The number of methoxy groups -OCH3 is 1. The van der Waals surface area contributed by atoms with Gasteiger partial charge >= 0.3 is 6.09 Å². The number of allylic oxidation sites excluding steroid dienone is 2. The normalized spacial score (nSPS) is 34.3. The largest absolute Gasteiger partial charge is 0.449 e. The van der Waals surface area contributed by atoms with Crippen molar-refractivity contribution in [1.29, 1.82) is 0 Å². The van der Waals surface area contributed by atoms with Crippen molar-refractivity contribution in [1.82, 2.24) is 20.4 Å². The fourth-order valence-electron chi connectivity index (χ4n) is 5.85. The maximum absolute atomic E-state index is 13.6. The van der Waals surface area contributed by atoms with Gasteiger partial charge in [0.2, 0.25) is 11.6 Å². The van der Waals surface area contributed by atoms with Crippen molar-refractivity contribution in [3.8, 4) is 0 Å². The number of primary amides is 1. The van der Waals surface area contributed by atoms with Crippen molar-refractivity contribution in [3.05, 3.63) is 22.5 Å². The monoisotopic (exact) mass is 431 g/mol. The van der Waals surface area contributed by atoms with Gasteiger partial charge in [0.25, 0.3) is 0 Å². The number of nitrogens with two attached hydrogens (primary N) is 1. The number of carbonyl (C=O) groups is 3. The lowest BCUT2D eigenvalue weighted by Crippen LogP contribution is -2.55. The Bertz CT molecular complexity index is 908. The molecule has 3 saturated heterocycles. The smallest absolute Gasteiger partial charge is 0.404 e. The Balaban J connectivity index is 1.44. The molecule has 10 nitrogen and oxygen atoms in total. The van der Waals surface area contributed by atoms with Crippen molar-refractivity contribution in [2.24, 2.45) is 11.7 Å². The maximum atomic E-state index is 13.6. The molecule has 0 bridgehead atoms. The number of hydrogen-bond acceptors (Lipinski definition) is 9. The Morgan fingerprint density at radius 2 is 2.03 bits per heavy atom. The van der Waals surface area contributed by atoms with Crippen LogP contribution in [0.25, 0.3) is 0 Å². The number of ether oxygens (including phenoxy) is 2. The lowest BCUT2D eigenvalue weighted by Gasteiger charge is -2.39. The molecule has 4 N–H and O–H groups in total. The summed E-state index contributed by atoms with van der Waals surface area (Å²) < 4.78 is 11.1. The second-order valence-electron chi connectivity index (χ2n) is 8.90. The third-order valence-electron chi connectivity index (χ3n) is 7.36. The highest BCUT2D eigenvalue weighted by molar-refractivity contribution is 6.25. The van der Waals surface area contributed by atoms with E-state index in [0.29, 0.717) is 35.6 Å². The number of likely N-dealkylation sites (tertiary alicyclic amines) is 1. The number of nitrogens with zero attached hydrogens (tertiary/aromatic N) is 2. The molecular weight excluding hydrogens is 402 g/mol. The Kier molecular flexibility index (Phi) is 4.83. The number of hydrogen-bond donors (Lipinski definition) is 3. The zero-order valence-electron chi connectivity index (χ0n) is 17.9. The van der Waals surface area contributed by atoms with E-state index < -0.39 is 17.7 Å². The first kappa shape index (κ1) is 20.5. The van der Waals surface area contributed by atoms with Crippen LogP contribution < -0.4 is 16.4 Å². The van der Waals surface area contributed by atoms with Crippen LogP contribution in [0.4, 0.5) is 4.79 Å². The molecule has 4 heterocycles. The highest BCUT2D eigenvalue weighted by Gasteiger charge is 2.72. The summed E-state index contributed by atoms with van der Waals surface area (Å²) >= 11 is 0. The highest BCUT2D eigenvalue weighted by Crippen LogP contribution is 2.55. The Hall–Kier alpha value is -2.43. The first-order valence-corrected chi connectivity index (χ1v) is 10.9. The predicted molar refractivity (Wildman–Crippen MR) is 110 cm³/mol. The SMILES string of the molecule is COC12[C@@H]3N[C@@H]3CN1C1=C(C(=O)C(NCCN3CCCC3)=C(C)C1=O)[C@@H]2COC(N)=O. The van der Waals surface area contributed by atoms with E-state index in [1.165, 1.54) is 12.8 Å². The molecule has 0 aromatic heterocycles. The van der Waals surface area contributed by atoms with Gasteiger partial charge in [-0.1, -0.05) is 0 Å². The van der Waals surface area contributed by atoms with Crippen molar-refractivity contribution in [2.75, 3.05) is 46.4 Å². The number of Topliss-reactive ketones (excluding diaryl/α,β-unsaturated/α-hetero) is 2. The molecule has 0 saturated carbocycles. The van der Waals surface area contributed by atoms with Crippen LogP contribution in [0.5, 0.6) is 0 Å². The molecule has 1 amide bonds.